The smallest absolute Gasteiger partial charge is 0.264 e. The van der Waals surface area contributed by atoms with Crippen molar-refractivity contribution in [3.63, 3.8) is 0 Å². The maximum absolute atomic E-state index is 13.7. The van der Waals surface area contributed by atoms with E-state index in [0.717, 1.165) is 9.35 Å². The summed E-state index contributed by atoms with van der Waals surface area (Å²) in [5.41, 5.74) is 1.34. The van der Waals surface area contributed by atoms with Gasteiger partial charge in [-0.1, -0.05) is 17.7 Å². The molecule has 106 valence electrons. The van der Waals surface area contributed by atoms with Gasteiger partial charge in [0.2, 0.25) is 0 Å². The van der Waals surface area contributed by atoms with Gasteiger partial charge >= 0.3 is 0 Å². The Labute approximate surface area is 134 Å². The summed E-state index contributed by atoms with van der Waals surface area (Å²) in [5.74, 6) is -0.552. The molecule has 0 aliphatic carbocycles. The van der Waals surface area contributed by atoms with Crippen LogP contribution in [0.25, 0.3) is 0 Å². The van der Waals surface area contributed by atoms with E-state index in [9.17, 15) is 9.18 Å². The lowest BCUT2D eigenvalue weighted by Crippen LogP contribution is -2.26. The van der Waals surface area contributed by atoms with Crippen molar-refractivity contribution in [3.05, 3.63) is 54.9 Å². The summed E-state index contributed by atoms with van der Waals surface area (Å²) in [5, 5.41) is 0.327. The van der Waals surface area contributed by atoms with Crippen molar-refractivity contribution in [1.29, 1.82) is 0 Å². The van der Waals surface area contributed by atoms with Gasteiger partial charge in [0.15, 0.2) is 0 Å². The van der Waals surface area contributed by atoms with Crippen molar-refractivity contribution in [1.82, 2.24) is 4.90 Å². The Hall–Kier alpha value is -0.910. The Balaban J connectivity index is 2.20. The maximum atomic E-state index is 13.7. The van der Waals surface area contributed by atoms with Crippen molar-refractivity contribution in [2.45, 2.75) is 13.5 Å². The molecule has 0 N–H and O–H groups in total. The van der Waals surface area contributed by atoms with E-state index in [1.807, 2.05) is 13.0 Å². The highest BCUT2D eigenvalue weighted by molar-refractivity contribution is 9.11. The molecule has 20 heavy (non-hydrogen) atoms. The van der Waals surface area contributed by atoms with Crippen molar-refractivity contribution in [2.24, 2.45) is 0 Å². The average Bonchev–Trinajstić information content (AvgIpc) is 2.73. The van der Waals surface area contributed by atoms with Gasteiger partial charge in [0.25, 0.3) is 5.91 Å². The zero-order chi connectivity index (χ0) is 14.9. The third kappa shape index (κ3) is 3.22. The first-order valence-electron chi connectivity index (χ1n) is 5.84. The van der Waals surface area contributed by atoms with E-state index in [1.165, 1.54) is 22.3 Å². The van der Waals surface area contributed by atoms with Crippen molar-refractivity contribution in [3.8, 4) is 0 Å². The fourth-order valence-electron chi connectivity index (χ4n) is 1.75. The lowest BCUT2D eigenvalue weighted by Gasteiger charge is -2.17. The number of rotatable bonds is 3. The minimum Gasteiger partial charge on any atom is -0.337 e. The first-order valence-corrected chi connectivity index (χ1v) is 7.83. The van der Waals surface area contributed by atoms with Crippen LogP contribution in [0, 0.1) is 12.7 Å². The monoisotopic (exact) mass is 375 g/mol. The third-order valence-corrected chi connectivity index (χ3v) is 5.35. The van der Waals surface area contributed by atoms with Gasteiger partial charge < -0.3 is 4.90 Å². The van der Waals surface area contributed by atoms with E-state index in [1.54, 1.807) is 19.2 Å². The third-order valence-electron chi connectivity index (χ3n) is 2.87. The molecule has 0 spiro atoms. The fourth-order valence-corrected chi connectivity index (χ4v) is 3.50. The zero-order valence-corrected chi connectivity index (χ0v) is 14.1. The average molecular weight is 377 g/mol. The summed E-state index contributed by atoms with van der Waals surface area (Å²) in [4.78, 5) is 14.4. The van der Waals surface area contributed by atoms with Crippen molar-refractivity contribution in [2.75, 3.05) is 7.05 Å². The van der Waals surface area contributed by atoms with Crippen LogP contribution in [0.5, 0.6) is 0 Å². The molecule has 0 aliphatic rings. The van der Waals surface area contributed by atoms with Crippen LogP contribution in [0.1, 0.15) is 20.8 Å². The first-order chi connectivity index (χ1) is 9.40. The second-order valence-electron chi connectivity index (χ2n) is 4.43. The minimum atomic E-state index is -0.402. The molecule has 0 radical (unpaired) electrons. The Kier molecular flexibility index (Phi) is 4.83. The Morgan fingerprint density at radius 2 is 2.20 bits per heavy atom. The summed E-state index contributed by atoms with van der Waals surface area (Å²) in [6.45, 7) is 2.06. The molecule has 2 nitrogen and oxygen atoms in total. The Morgan fingerprint density at radius 3 is 2.75 bits per heavy atom. The molecule has 0 saturated heterocycles. The highest BCUT2D eigenvalue weighted by Crippen LogP contribution is 2.29. The number of carbonyl (C=O) groups is 1. The Bertz CT molecular complexity index is 619. The molecule has 0 saturated carbocycles. The topological polar surface area (TPSA) is 20.3 Å². The Morgan fingerprint density at radius 1 is 1.50 bits per heavy atom. The second kappa shape index (κ2) is 6.24. The van der Waals surface area contributed by atoms with E-state index in [0.29, 0.717) is 15.5 Å². The number of benzene rings is 1. The van der Waals surface area contributed by atoms with Crippen molar-refractivity contribution < 1.29 is 9.18 Å². The molecule has 0 aliphatic heterocycles. The van der Waals surface area contributed by atoms with Crippen LogP contribution in [-0.2, 0) is 6.54 Å². The van der Waals surface area contributed by atoms with Crippen LogP contribution in [0.3, 0.4) is 0 Å². The molecule has 2 rings (SSSR count). The largest absolute Gasteiger partial charge is 0.337 e. The molecule has 2 aromatic rings. The molecule has 0 atom stereocenters. The number of halogens is 3. The SMILES string of the molecule is Cc1cc(C(=O)N(C)Cc2c(F)cccc2Cl)sc1Br. The quantitative estimate of drug-likeness (QED) is 0.747. The molecule has 0 unspecified atom stereocenters. The summed E-state index contributed by atoms with van der Waals surface area (Å²) >= 11 is 10.7. The van der Waals surface area contributed by atoms with Gasteiger partial charge in [0.05, 0.1) is 15.2 Å². The number of amides is 1. The number of aryl methyl sites for hydroxylation is 1. The minimum absolute atomic E-state index is 0.138. The van der Waals surface area contributed by atoms with Gasteiger partial charge in [-0.25, -0.2) is 4.39 Å². The summed E-state index contributed by atoms with van der Waals surface area (Å²) in [7, 11) is 1.63. The molecule has 1 aromatic heterocycles. The molecular formula is C14H12BrClFNOS. The normalized spacial score (nSPS) is 10.7. The maximum Gasteiger partial charge on any atom is 0.264 e. The van der Waals surface area contributed by atoms with Crippen LogP contribution in [0.15, 0.2) is 28.1 Å². The van der Waals surface area contributed by atoms with Gasteiger partial charge in [0, 0.05) is 17.6 Å². The number of carbonyl (C=O) groups excluding carboxylic acids is 1. The van der Waals surface area contributed by atoms with Crippen molar-refractivity contribution >= 4 is 44.8 Å². The van der Waals surface area contributed by atoms with E-state index >= 15 is 0 Å². The highest BCUT2D eigenvalue weighted by atomic mass is 79.9. The molecule has 1 amide bonds. The van der Waals surface area contributed by atoms with Crippen LogP contribution in [-0.4, -0.2) is 17.9 Å². The van der Waals surface area contributed by atoms with Gasteiger partial charge in [-0.15, -0.1) is 11.3 Å². The number of thiophene rings is 1. The number of hydrogen-bond acceptors (Lipinski definition) is 2. The van der Waals surface area contributed by atoms with E-state index < -0.39 is 5.82 Å². The van der Waals surface area contributed by atoms with E-state index in [4.69, 9.17) is 11.6 Å². The fraction of sp³-hybridized carbons (Fsp3) is 0.214. The van der Waals surface area contributed by atoms with E-state index in [2.05, 4.69) is 15.9 Å². The lowest BCUT2D eigenvalue weighted by atomic mass is 10.2. The van der Waals surface area contributed by atoms with Crippen LogP contribution in [0.4, 0.5) is 4.39 Å². The van der Waals surface area contributed by atoms with Crippen LogP contribution < -0.4 is 0 Å². The molecular weight excluding hydrogens is 365 g/mol. The van der Waals surface area contributed by atoms with Crippen LogP contribution >= 0.6 is 38.9 Å². The molecule has 1 heterocycles. The van der Waals surface area contributed by atoms with Gasteiger partial charge in [-0.3, -0.25) is 4.79 Å². The zero-order valence-electron chi connectivity index (χ0n) is 10.9. The highest BCUT2D eigenvalue weighted by Gasteiger charge is 2.18. The standard InChI is InChI=1S/C14H12BrClFNOS/c1-8-6-12(20-13(8)15)14(19)18(2)7-9-10(16)4-3-5-11(9)17/h3-6H,7H2,1-2H3. The van der Waals surface area contributed by atoms with Gasteiger partial charge in [-0.05, 0) is 46.6 Å². The predicted molar refractivity (Wildman–Crippen MR) is 84.0 cm³/mol. The predicted octanol–water partition coefficient (Wildman–Crippen LogP) is 4.88. The molecule has 0 bridgehead atoms. The molecule has 1 aromatic carbocycles. The van der Waals surface area contributed by atoms with E-state index in [-0.39, 0.29) is 12.5 Å². The van der Waals surface area contributed by atoms with Gasteiger partial charge in [-0.2, -0.15) is 0 Å². The first kappa shape index (κ1) is 15.5. The lowest BCUT2D eigenvalue weighted by molar-refractivity contribution is 0.0788. The summed E-state index contributed by atoms with van der Waals surface area (Å²) in [6.07, 6.45) is 0. The molecule has 0 fully saturated rings. The summed E-state index contributed by atoms with van der Waals surface area (Å²) < 4.78 is 14.6. The van der Waals surface area contributed by atoms with Gasteiger partial charge in [0.1, 0.15) is 5.82 Å². The number of hydrogen-bond donors (Lipinski definition) is 0. The van der Waals surface area contributed by atoms with Crippen LogP contribution in [0.2, 0.25) is 5.02 Å². The number of nitrogens with zero attached hydrogens (tertiary/aromatic N) is 1. The second-order valence-corrected chi connectivity index (χ2v) is 7.21. The molecule has 6 heteroatoms. The summed E-state index contributed by atoms with van der Waals surface area (Å²) in [6, 6.07) is 6.31.